The molecular formula is C9H16HgO4. The Balaban J connectivity index is 0. The minimum absolute atomic E-state index is 0. The number of carboxylic acids is 1. The molecule has 0 aromatic carbocycles. The van der Waals surface area contributed by atoms with Gasteiger partial charge in [-0.15, -0.1) is 0 Å². The van der Waals surface area contributed by atoms with Gasteiger partial charge >= 0.3 is 27.7 Å². The van der Waals surface area contributed by atoms with E-state index in [1.165, 1.54) is 0 Å². The summed E-state index contributed by atoms with van der Waals surface area (Å²) in [6.45, 7) is 0.972. The van der Waals surface area contributed by atoms with E-state index in [4.69, 9.17) is 19.7 Å². The van der Waals surface area contributed by atoms with Crippen molar-refractivity contribution in [1.82, 2.24) is 0 Å². The molecule has 2 atom stereocenters. The number of aliphatic carboxylic acids is 1. The number of carbonyl (C=O) groups is 1. The molecule has 1 aliphatic carbocycles. The maximum Gasteiger partial charge on any atom is 1.00 e. The maximum absolute atomic E-state index is 9.08. The van der Waals surface area contributed by atoms with Crippen LogP contribution in [-0.4, -0.2) is 30.4 Å². The molecule has 0 saturated heterocycles. The fraction of sp³-hybridized carbons (Fsp3) is 0.778. The molecule has 5 heteroatoms. The van der Waals surface area contributed by atoms with Gasteiger partial charge in [-0.05, 0) is 26.2 Å². The molecule has 4 nitrogen and oxygen atoms in total. The second-order valence-corrected chi connectivity index (χ2v) is 2.96. The van der Waals surface area contributed by atoms with E-state index in [0.29, 0.717) is 0 Å². The molecule has 1 fully saturated rings. The minimum atomic E-state index is -1.08. The molecule has 1 rings (SSSR count). The van der Waals surface area contributed by atoms with Gasteiger partial charge in [-0.3, -0.25) is 0 Å². The number of hydrogen-bond acceptors (Lipinski definition) is 4. The van der Waals surface area contributed by atoms with Gasteiger partial charge in [-0.25, -0.2) is 0 Å². The molecule has 0 amide bonds. The summed E-state index contributed by atoms with van der Waals surface area (Å²) < 4.78 is 5.05. The largest absolute Gasteiger partial charge is 1.00 e. The zero-order valence-corrected chi connectivity index (χ0v) is 14.2. The van der Waals surface area contributed by atoms with Gasteiger partial charge in [-0.1, -0.05) is 0 Å². The third-order valence-electron chi connectivity index (χ3n) is 1.73. The van der Waals surface area contributed by atoms with Crippen LogP contribution in [0.5, 0.6) is 0 Å². The Kier molecular flexibility index (Phi) is 11.8. The van der Waals surface area contributed by atoms with Crippen molar-refractivity contribution >= 4 is 5.97 Å². The quantitative estimate of drug-likeness (QED) is 0.615. The van der Waals surface area contributed by atoms with Crippen molar-refractivity contribution in [3.63, 3.8) is 0 Å². The van der Waals surface area contributed by atoms with E-state index >= 15 is 0 Å². The number of aliphatic hydroxyl groups is 1. The fourth-order valence-electron chi connectivity index (χ4n) is 1.16. The third-order valence-corrected chi connectivity index (χ3v) is 1.73. The number of aliphatic hydroxyl groups excluding tert-OH is 1. The molecule has 0 aromatic heterocycles. The van der Waals surface area contributed by atoms with Crippen molar-refractivity contribution in [2.45, 2.75) is 38.4 Å². The van der Waals surface area contributed by atoms with Crippen molar-refractivity contribution in [2.24, 2.45) is 0 Å². The van der Waals surface area contributed by atoms with Crippen molar-refractivity contribution in [3.8, 4) is 0 Å². The summed E-state index contributed by atoms with van der Waals surface area (Å²) >= 11 is 0. The predicted octanol–water partition coefficient (Wildman–Crippen LogP) is -0.496. The van der Waals surface area contributed by atoms with Gasteiger partial charge in [0.05, 0.1) is 12.2 Å². The summed E-state index contributed by atoms with van der Waals surface area (Å²) in [6, 6.07) is 0. The Labute approximate surface area is 105 Å². The second kappa shape index (κ2) is 9.86. The van der Waals surface area contributed by atoms with Crippen LogP contribution < -0.4 is 5.11 Å². The molecular weight excluding hydrogens is 373 g/mol. The number of rotatable bonds is 1. The Morgan fingerprint density at radius 2 is 2.07 bits per heavy atom. The number of carbonyl (C=O) groups excluding carboxylic acids is 1. The van der Waals surface area contributed by atoms with E-state index in [1.807, 2.05) is 6.42 Å². The first-order valence-electron chi connectivity index (χ1n) is 4.29. The first-order chi connectivity index (χ1) is 6.06. The first-order valence-corrected chi connectivity index (χ1v) is 4.29. The van der Waals surface area contributed by atoms with Crippen molar-refractivity contribution in [2.75, 3.05) is 7.11 Å². The molecule has 1 aliphatic rings. The van der Waals surface area contributed by atoms with Gasteiger partial charge in [0, 0.05) is 19.5 Å². The summed E-state index contributed by atoms with van der Waals surface area (Å²) in [7, 11) is 1.68. The molecule has 0 aliphatic heterocycles. The normalized spacial score (nSPS) is 25.4. The van der Waals surface area contributed by atoms with Gasteiger partial charge in [0.1, 0.15) is 0 Å². The maximum atomic E-state index is 9.08. The minimum Gasteiger partial charge on any atom is -0.550 e. The van der Waals surface area contributed by atoms with E-state index in [9.17, 15) is 0 Å². The van der Waals surface area contributed by atoms with E-state index in [2.05, 4.69) is 0 Å². The van der Waals surface area contributed by atoms with E-state index in [1.54, 1.807) is 7.11 Å². The van der Waals surface area contributed by atoms with Crippen LogP contribution >= 0.6 is 0 Å². The number of hydrogen-bond donors (Lipinski definition) is 1. The molecule has 0 aromatic rings. The van der Waals surface area contributed by atoms with Gasteiger partial charge in [-0.2, -0.15) is 0 Å². The van der Waals surface area contributed by atoms with E-state index in [-0.39, 0.29) is 39.9 Å². The Morgan fingerprint density at radius 3 is 2.36 bits per heavy atom. The molecule has 0 spiro atoms. The topological polar surface area (TPSA) is 69.6 Å². The van der Waals surface area contributed by atoms with Gasteiger partial charge < -0.3 is 19.7 Å². The SMILES string of the molecule is CC(=O)[O-].CO[C@@H]1[CH][C@H](O)CCC1.[Hg+]. The van der Waals surface area contributed by atoms with Crippen LogP contribution in [0.15, 0.2) is 0 Å². The molecule has 1 N–H and O–H groups in total. The van der Waals surface area contributed by atoms with Crippen LogP contribution in [0.3, 0.4) is 0 Å². The summed E-state index contributed by atoms with van der Waals surface area (Å²) in [5, 5.41) is 18.0. The zero-order chi connectivity index (χ0) is 10.3. The summed E-state index contributed by atoms with van der Waals surface area (Å²) in [6.07, 6.45) is 4.87. The predicted molar refractivity (Wildman–Crippen MR) is 45.6 cm³/mol. The smallest absolute Gasteiger partial charge is 0.550 e. The van der Waals surface area contributed by atoms with Gasteiger partial charge in [0.25, 0.3) is 0 Å². The molecule has 0 heterocycles. The number of carboxylic acid groups (broad SMARTS) is 1. The van der Waals surface area contributed by atoms with E-state index in [0.717, 1.165) is 26.2 Å². The number of methoxy groups -OCH3 is 1. The van der Waals surface area contributed by atoms with Crippen LogP contribution in [0.25, 0.3) is 0 Å². The van der Waals surface area contributed by atoms with Crippen LogP contribution in [0.1, 0.15) is 26.2 Å². The zero-order valence-electron chi connectivity index (χ0n) is 8.73. The third kappa shape index (κ3) is 10.4. The molecule has 0 unspecified atom stereocenters. The molecule has 78 valence electrons. The van der Waals surface area contributed by atoms with Crippen LogP contribution in [-0.2, 0) is 37.2 Å². The van der Waals surface area contributed by atoms with Gasteiger partial charge in [0.2, 0.25) is 0 Å². The Bertz CT molecular complexity index is 148. The standard InChI is InChI=1S/C7H13O2.C2H4O2.Hg/c1-9-7-4-2-3-6(8)5-7;1-2(3)4;/h5-8H,2-4H2,1H3;1H3,(H,3,4);/q;;+1/p-1/t6-,7+;;/m1../s1. The first kappa shape index (κ1) is 16.7. The van der Waals surface area contributed by atoms with Crippen LogP contribution in [0.2, 0.25) is 0 Å². The van der Waals surface area contributed by atoms with E-state index < -0.39 is 5.97 Å². The van der Waals surface area contributed by atoms with Crippen molar-refractivity contribution < 1.29 is 47.4 Å². The van der Waals surface area contributed by atoms with Crippen LogP contribution in [0.4, 0.5) is 0 Å². The Hall–Kier alpha value is 0.325. The van der Waals surface area contributed by atoms with Crippen LogP contribution in [0, 0.1) is 6.42 Å². The molecule has 0 bridgehead atoms. The average molecular weight is 389 g/mol. The van der Waals surface area contributed by atoms with Crippen molar-refractivity contribution in [3.05, 3.63) is 6.42 Å². The second-order valence-electron chi connectivity index (χ2n) is 2.96. The fourth-order valence-corrected chi connectivity index (χ4v) is 1.16. The summed E-state index contributed by atoms with van der Waals surface area (Å²) in [5.41, 5.74) is 0. The number of ether oxygens (including phenoxy) is 1. The average Bonchev–Trinajstić information content (AvgIpc) is 2.03. The monoisotopic (exact) mass is 390 g/mol. The summed E-state index contributed by atoms with van der Waals surface area (Å²) in [4.78, 5) is 8.89. The molecule has 1 saturated carbocycles. The molecule has 14 heavy (non-hydrogen) atoms. The Morgan fingerprint density at radius 1 is 1.57 bits per heavy atom. The molecule has 2 radical (unpaired) electrons. The summed E-state index contributed by atoms with van der Waals surface area (Å²) in [5.74, 6) is -1.08. The van der Waals surface area contributed by atoms with Crippen molar-refractivity contribution in [1.29, 1.82) is 0 Å². The van der Waals surface area contributed by atoms with Gasteiger partial charge in [0.15, 0.2) is 0 Å².